The molecule has 1 aliphatic rings. The van der Waals surface area contributed by atoms with Gasteiger partial charge in [0.2, 0.25) is 0 Å². The van der Waals surface area contributed by atoms with Gasteiger partial charge < -0.3 is 15.6 Å². The zero-order valence-corrected chi connectivity index (χ0v) is 10.2. The summed E-state index contributed by atoms with van der Waals surface area (Å²) in [5.74, 6) is 0. The first-order valence-electron chi connectivity index (χ1n) is 6.37. The van der Waals surface area contributed by atoms with E-state index in [9.17, 15) is 4.79 Å². The highest BCUT2D eigenvalue weighted by Crippen LogP contribution is 2.17. The van der Waals surface area contributed by atoms with E-state index in [1.165, 1.54) is 6.42 Å². The fourth-order valence-corrected chi connectivity index (χ4v) is 2.64. The van der Waals surface area contributed by atoms with Crippen LogP contribution in [0, 0.1) is 0 Å². The SMILES string of the molecule is Nc1cccc2c(=O)n(C[C@@H]3CCCN3)ccc12. The molecular weight excluding hydrogens is 226 g/mol. The number of anilines is 1. The third-order valence-corrected chi connectivity index (χ3v) is 3.63. The molecule has 4 heteroatoms. The predicted octanol–water partition coefficient (Wildman–Crippen LogP) is 1.34. The van der Waals surface area contributed by atoms with Gasteiger partial charge in [-0.1, -0.05) is 6.07 Å². The monoisotopic (exact) mass is 243 g/mol. The molecule has 4 nitrogen and oxygen atoms in total. The molecule has 3 N–H and O–H groups in total. The van der Waals surface area contributed by atoms with Crippen molar-refractivity contribution in [2.24, 2.45) is 0 Å². The van der Waals surface area contributed by atoms with Crippen molar-refractivity contribution in [2.45, 2.75) is 25.4 Å². The van der Waals surface area contributed by atoms with E-state index in [1.807, 2.05) is 30.5 Å². The van der Waals surface area contributed by atoms with Crippen LogP contribution in [0.3, 0.4) is 0 Å². The van der Waals surface area contributed by atoms with Gasteiger partial charge in [-0.15, -0.1) is 0 Å². The van der Waals surface area contributed by atoms with Gasteiger partial charge in [0.1, 0.15) is 0 Å². The average molecular weight is 243 g/mol. The average Bonchev–Trinajstić information content (AvgIpc) is 2.86. The Hall–Kier alpha value is -1.81. The number of rotatable bonds is 2. The summed E-state index contributed by atoms with van der Waals surface area (Å²) in [6.45, 7) is 1.80. The van der Waals surface area contributed by atoms with E-state index in [1.54, 1.807) is 4.57 Å². The van der Waals surface area contributed by atoms with Crippen LogP contribution >= 0.6 is 0 Å². The first kappa shape index (κ1) is 11.3. The molecule has 0 aliphatic carbocycles. The van der Waals surface area contributed by atoms with Gasteiger partial charge in [-0.3, -0.25) is 4.79 Å². The smallest absolute Gasteiger partial charge is 0.258 e. The molecule has 2 heterocycles. The number of nitrogens with one attached hydrogen (secondary N) is 1. The minimum absolute atomic E-state index is 0.0495. The Morgan fingerprint density at radius 1 is 1.33 bits per heavy atom. The molecule has 1 aromatic carbocycles. The number of pyridine rings is 1. The van der Waals surface area contributed by atoms with Crippen LogP contribution in [0.5, 0.6) is 0 Å². The molecule has 2 aromatic rings. The van der Waals surface area contributed by atoms with Gasteiger partial charge >= 0.3 is 0 Å². The lowest BCUT2D eigenvalue weighted by molar-refractivity contribution is 0.501. The van der Waals surface area contributed by atoms with E-state index in [-0.39, 0.29) is 5.56 Å². The molecular formula is C14H17N3O. The Bertz CT molecular complexity index is 626. The summed E-state index contributed by atoms with van der Waals surface area (Å²) in [6, 6.07) is 7.84. The molecule has 3 rings (SSSR count). The summed E-state index contributed by atoms with van der Waals surface area (Å²) in [4.78, 5) is 12.3. The van der Waals surface area contributed by atoms with Gasteiger partial charge in [0, 0.05) is 35.2 Å². The summed E-state index contributed by atoms with van der Waals surface area (Å²) in [6.07, 6.45) is 4.18. The highest BCUT2D eigenvalue weighted by molar-refractivity contribution is 5.91. The van der Waals surface area contributed by atoms with Gasteiger partial charge in [-0.25, -0.2) is 0 Å². The minimum atomic E-state index is 0.0495. The van der Waals surface area contributed by atoms with Crippen LogP contribution < -0.4 is 16.6 Å². The molecule has 0 saturated carbocycles. The fourth-order valence-electron chi connectivity index (χ4n) is 2.64. The molecule has 1 atom stereocenters. The van der Waals surface area contributed by atoms with Gasteiger partial charge in [0.05, 0.1) is 0 Å². The molecule has 18 heavy (non-hydrogen) atoms. The maximum Gasteiger partial charge on any atom is 0.258 e. The summed E-state index contributed by atoms with van der Waals surface area (Å²) in [7, 11) is 0. The Morgan fingerprint density at radius 2 is 2.22 bits per heavy atom. The van der Waals surface area contributed by atoms with E-state index >= 15 is 0 Å². The molecule has 0 radical (unpaired) electrons. The van der Waals surface area contributed by atoms with Crippen molar-refractivity contribution in [1.29, 1.82) is 0 Å². The van der Waals surface area contributed by atoms with Crippen LogP contribution in [0.4, 0.5) is 5.69 Å². The number of hydrogen-bond donors (Lipinski definition) is 2. The summed E-state index contributed by atoms with van der Waals surface area (Å²) < 4.78 is 1.78. The minimum Gasteiger partial charge on any atom is -0.398 e. The lowest BCUT2D eigenvalue weighted by atomic mass is 10.1. The van der Waals surface area contributed by atoms with Crippen LogP contribution in [0.2, 0.25) is 0 Å². The number of aromatic nitrogens is 1. The van der Waals surface area contributed by atoms with Crippen LogP contribution in [0.15, 0.2) is 35.3 Å². The van der Waals surface area contributed by atoms with E-state index in [0.717, 1.165) is 24.9 Å². The van der Waals surface area contributed by atoms with Gasteiger partial charge in [-0.05, 0) is 37.6 Å². The third kappa shape index (κ3) is 1.88. The Kier molecular flexibility index (Phi) is 2.80. The van der Waals surface area contributed by atoms with E-state index in [0.29, 0.717) is 17.1 Å². The molecule has 1 saturated heterocycles. The number of hydrogen-bond acceptors (Lipinski definition) is 3. The lowest BCUT2D eigenvalue weighted by Crippen LogP contribution is -2.32. The number of nitrogen functional groups attached to an aromatic ring is 1. The quantitative estimate of drug-likeness (QED) is 0.782. The van der Waals surface area contributed by atoms with Crippen LogP contribution in [-0.4, -0.2) is 17.2 Å². The Labute approximate surface area is 105 Å². The maximum absolute atomic E-state index is 12.3. The van der Waals surface area contributed by atoms with Crippen molar-refractivity contribution >= 4 is 16.5 Å². The molecule has 0 spiro atoms. The molecule has 0 amide bonds. The summed E-state index contributed by atoms with van der Waals surface area (Å²) in [5.41, 5.74) is 6.59. The van der Waals surface area contributed by atoms with Crippen LogP contribution in [0.25, 0.3) is 10.8 Å². The number of benzene rings is 1. The Morgan fingerprint density at radius 3 is 3.00 bits per heavy atom. The van der Waals surface area contributed by atoms with Crippen molar-refractivity contribution in [2.75, 3.05) is 12.3 Å². The standard InChI is InChI=1S/C14H17N3O/c15-13-5-1-4-12-11(13)6-8-17(14(12)18)9-10-3-2-7-16-10/h1,4-6,8,10,16H,2-3,7,9,15H2/t10-/m0/s1. The lowest BCUT2D eigenvalue weighted by Gasteiger charge is -2.13. The predicted molar refractivity (Wildman–Crippen MR) is 73.6 cm³/mol. The van der Waals surface area contributed by atoms with Gasteiger partial charge in [0.15, 0.2) is 0 Å². The maximum atomic E-state index is 12.3. The molecule has 0 unspecified atom stereocenters. The number of fused-ring (bicyclic) bond motifs is 1. The van der Waals surface area contributed by atoms with E-state index in [2.05, 4.69) is 5.32 Å². The van der Waals surface area contributed by atoms with Gasteiger partial charge in [-0.2, -0.15) is 0 Å². The second kappa shape index (κ2) is 4.46. The molecule has 94 valence electrons. The second-order valence-electron chi connectivity index (χ2n) is 4.88. The van der Waals surface area contributed by atoms with Gasteiger partial charge in [0.25, 0.3) is 5.56 Å². The number of nitrogens with two attached hydrogens (primary N) is 1. The largest absolute Gasteiger partial charge is 0.398 e. The van der Waals surface area contributed by atoms with E-state index < -0.39 is 0 Å². The van der Waals surface area contributed by atoms with Crippen molar-refractivity contribution in [3.05, 3.63) is 40.8 Å². The first-order valence-corrected chi connectivity index (χ1v) is 6.37. The highest BCUT2D eigenvalue weighted by atomic mass is 16.1. The Balaban J connectivity index is 2.03. The topological polar surface area (TPSA) is 60.1 Å². The molecule has 1 aromatic heterocycles. The van der Waals surface area contributed by atoms with Crippen molar-refractivity contribution in [1.82, 2.24) is 9.88 Å². The van der Waals surface area contributed by atoms with Crippen molar-refractivity contribution < 1.29 is 0 Å². The third-order valence-electron chi connectivity index (χ3n) is 3.63. The second-order valence-corrected chi connectivity index (χ2v) is 4.88. The van der Waals surface area contributed by atoms with Crippen molar-refractivity contribution in [3.63, 3.8) is 0 Å². The molecule has 1 aliphatic heterocycles. The number of nitrogens with zero attached hydrogens (tertiary/aromatic N) is 1. The van der Waals surface area contributed by atoms with Crippen LogP contribution in [-0.2, 0) is 6.54 Å². The van der Waals surface area contributed by atoms with E-state index in [4.69, 9.17) is 5.73 Å². The highest BCUT2D eigenvalue weighted by Gasteiger charge is 2.15. The molecule has 0 bridgehead atoms. The van der Waals surface area contributed by atoms with Crippen molar-refractivity contribution in [3.8, 4) is 0 Å². The first-order chi connectivity index (χ1) is 8.75. The summed E-state index contributed by atoms with van der Waals surface area (Å²) in [5, 5.41) is 4.96. The fraction of sp³-hybridized carbons (Fsp3) is 0.357. The molecule has 1 fully saturated rings. The van der Waals surface area contributed by atoms with Crippen LogP contribution in [0.1, 0.15) is 12.8 Å². The summed E-state index contributed by atoms with van der Waals surface area (Å²) >= 11 is 0. The normalized spacial score (nSPS) is 19.4. The zero-order valence-electron chi connectivity index (χ0n) is 10.2. The zero-order chi connectivity index (χ0) is 12.5.